The van der Waals surface area contributed by atoms with Crippen LogP contribution in [-0.2, 0) is 56.0 Å². The highest BCUT2D eigenvalue weighted by Crippen LogP contribution is 2.22. The summed E-state index contributed by atoms with van der Waals surface area (Å²) < 4.78 is 0. The maximum Gasteiger partial charge on any atom is 0.325 e. The number of phenols is 1. The molecule has 2 fully saturated rings. The molecule has 69 heavy (non-hydrogen) atoms. The highest BCUT2D eigenvalue weighted by atomic mass is 16.4. The third kappa shape index (κ3) is 16.0. The van der Waals surface area contributed by atoms with E-state index in [-0.39, 0.29) is 56.9 Å². The smallest absolute Gasteiger partial charge is 0.325 e. The van der Waals surface area contributed by atoms with Gasteiger partial charge in [0.05, 0.1) is 18.7 Å². The zero-order valence-electron chi connectivity index (χ0n) is 40.1. The van der Waals surface area contributed by atoms with Crippen molar-refractivity contribution >= 4 is 53.2 Å². The highest BCUT2D eigenvalue weighted by molar-refractivity contribution is 5.98. The largest absolute Gasteiger partial charge is 0.508 e. The van der Waals surface area contributed by atoms with Gasteiger partial charge in [-0.2, -0.15) is 0 Å². The van der Waals surface area contributed by atoms with Crippen LogP contribution < -0.4 is 37.6 Å². The fourth-order valence-corrected chi connectivity index (χ4v) is 8.30. The van der Waals surface area contributed by atoms with Gasteiger partial charge in [-0.25, -0.2) is 0 Å². The normalized spacial score (nSPS) is 18.8. The van der Waals surface area contributed by atoms with Crippen LogP contribution in [0.1, 0.15) is 84.8 Å². The summed E-state index contributed by atoms with van der Waals surface area (Å²) in [6.07, 6.45) is 0.429. The minimum absolute atomic E-state index is 0.0467. The number of rotatable bonds is 23. The molecule has 2 aromatic carbocycles. The quantitative estimate of drug-likeness (QED) is 0.0654. The molecule has 2 heterocycles. The fourth-order valence-electron chi connectivity index (χ4n) is 8.30. The number of likely N-dealkylation sites (tertiary alicyclic amines) is 2. The molecule has 0 aromatic heterocycles. The van der Waals surface area contributed by atoms with Gasteiger partial charge in [-0.15, -0.1) is 0 Å². The number of benzene rings is 2. The maximum atomic E-state index is 14.4. The van der Waals surface area contributed by atoms with Crippen LogP contribution in [0.4, 0.5) is 0 Å². The van der Waals surface area contributed by atoms with E-state index in [1.54, 1.807) is 50.2 Å². The van der Waals surface area contributed by atoms with Crippen molar-refractivity contribution < 1.29 is 58.5 Å². The second kappa shape index (κ2) is 25.7. The number of carboxylic acids is 1. The van der Waals surface area contributed by atoms with E-state index in [0.29, 0.717) is 18.4 Å². The van der Waals surface area contributed by atoms with Gasteiger partial charge in [0.1, 0.15) is 48.0 Å². The number of nitrogens with one attached hydrogen (secondary N) is 6. The molecule has 0 aliphatic carbocycles. The molecule has 0 radical (unpaired) electrons. The van der Waals surface area contributed by atoms with Crippen molar-refractivity contribution in [2.75, 3.05) is 19.6 Å². The Hall–Kier alpha value is -6.61. The zero-order valence-corrected chi connectivity index (χ0v) is 40.1. The Bertz CT molecular complexity index is 2140. The summed E-state index contributed by atoms with van der Waals surface area (Å²) in [5, 5.41) is 44.5. The summed E-state index contributed by atoms with van der Waals surface area (Å²) in [5.74, 6) is -7.20. The Balaban J connectivity index is 1.41. The Morgan fingerprint density at radius 3 is 1.80 bits per heavy atom. The monoisotopic (exact) mass is 964 g/mol. The standard InChI is InChI=1S/C48H69N9O12/c1-26(2)22-34(52-41(61)33(49)23-31-16-18-32(59)19-17-31)42(62)53-35(24-30-12-8-7-9-13-30)47(67)57-21-11-14-36(57)43(63)50-25-38(60)56-20-10-15-37(56)44(64)54-39(27(3)4)45(65)55-40(29(6)58)46(66)51-28(5)48(68)69/h7-9,12-13,16-19,26-29,33-37,39-40,58-59H,10-11,14-15,20-25,49H2,1-6H3,(H,50,63)(H,51,66)(H,52,61)(H,53,62)(H,54,64)(H,55,65)(H,68,69)/t28-,29+,33-,34-,35-,36-,37-,39-,40-/m0/s1. The molecular formula is C48H69N9O12. The molecule has 11 N–H and O–H groups in total. The predicted molar refractivity (Wildman–Crippen MR) is 251 cm³/mol. The van der Waals surface area contributed by atoms with E-state index >= 15 is 0 Å². The van der Waals surface area contributed by atoms with Gasteiger partial charge in [0.2, 0.25) is 47.3 Å². The van der Waals surface area contributed by atoms with Gasteiger partial charge in [0, 0.05) is 19.5 Å². The first kappa shape index (κ1) is 55.0. The summed E-state index contributed by atoms with van der Waals surface area (Å²) in [6.45, 7) is 9.34. The van der Waals surface area contributed by atoms with Crippen LogP contribution in [0.15, 0.2) is 54.6 Å². The minimum atomic E-state index is -1.54. The number of carboxylic acid groups (broad SMARTS) is 1. The van der Waals surface area contributed by atoms with Crippen LogP contribution in [0.2, 0.25) is 0 Å². The molecule has 21 nitrogen and oxygen atoms in total. The van der Waals surface area contributed by atoms with Gasteiger partial charge in [-0.1, -0.05) is 70.2 Å². The van der Waals surface area contributed by atoms with E-state index in [4.69, 9.17) is 5.73 Å². The van der Waals surface area contributed by atoms with E-state index in [1.165, 1.54) is 35.8 Å². The van der Waals surface area contributed by atoms with Crippen molar-refractivity contribution in [3.05, 3.63) is 65.7 Å². The molecule has 21 heteroatoms. The number of carbonyl (C=O) groups excluding carboxylic acids is 8. The van der Waals surface area contributed by atoms with Crippen molar-refractivity contribution in [1.29, 1.82) is 0 Å². The molecule has 2 aliphatic rings. The van der Waals surface area contributed by atoms with Crippen molar-refractivity contribution in [3.63, 3.8) is 0 Å². The van der Waals surface area contributed by atoms with Crippen molar-refractivity contribution in [2.45, 2.75) is 141 Å². The van der Waals surface area contributed by atoms with E-state index in [1.807, 2.05) is 19.9 Å². The summed E-state index contributed by atoms with van der Waals surface area (Å²) in [4.78, 5) is 123. The molecular weight excluding hydrogens is 895 g/mol. The summed E-state index contributed by atoms with van der Waals surface area (Å²) >= 11 is 0. The van der Waals surface area contributed by atoms with Crippen LogP contribution >= 0.6 is 0 Å². The summed E-state index contributed by atoms with van der Waals surface area (Å²) in [5.41, 5.74) is 7.67. The van der Waals surface area contributed by atoms with E-state index < -0.39 is 120 Å². The first-order valence-corrected chi connectivity index (χ1v) is 23.5. The number of amides is 8. The maximum absolute atomic E-state index is 14.4. The van der Waals surface area contributed by atoms with Crippen molar-refractivity contribution in [3.8, 4) is 5.75 Å². The molecule has 8 amide bonds. The minimum Gasteiger partial charge on any atom is -0.508 e. The second-order valence-electron chi connectivity index (χ2n) is 18.6. The van der Waals surface area contributed by atoms with Gasteiger partial charge >= 0.3 is 5.97 Å². The predicted octanol–water partition coefficient (Wildman–Crippen LogP) is -0.786. The lowest BCUT2D eigenvalue weighted by atomic mass is 9.99. The number of aliphatic carboxylic acids is 1. The topological polar surface area (TPSA) is 319 Å². The molecule has 4 rings (SSSR count). The van der Waals surface area contributed by atoms with Crippen LogP contribution in [-0.4, -0.2) is 152 Å². The third-order valence-corrected chi connectivity index (χ3v) is 12.1. The Morgan fingerprint density at radius 2 is 1.22 bits per heavy atom. The van der Waals surface area contributed by atoms with E-state index in [9.17, 15) is 58.5 Å². The van der Waals surface area contributed by atoms with Crippen LogP contribution in [0.25, 0.3) is 0 Å². The lowest BCUT2D eigenvalue weighted by Gasteiger charge is -2.31. The summed E-state index contributed by atoms with van der Waals surface area (Å²) in [7, 11) is 0. The van der Waals surface area contributed by atoms with Gasteiger partial charge < -0.3 is 62.8 Å². The lowest BCUT2D eigenvalue weighted by molar-refractivity contribution is -0.143. The van der Waals surface area contributed by atoms with Crippen LogP contribution in [0.3, 0.4) is 0 Å². The number of hydrogen-bond donors (Lipinski definition) is 10. The Labute approximate surface area is 402 Å². The molecule has 2 saturated heterocycles. The van der Waals surface area contributed by atoms with Crippen LogP contribution in [0, 0.1) is 11.8 Å². The van der Waals surface area contributed by atoms with Gasteiger partial charge in [-0.3, -0.25) is 43.2 Å². The highest BCUT2D eigenvalue weighted by Gasteiger charge is 2.41. The molecule has 0 saturated carbocycles. The molecule has 2 aliphatic heterocycles. The number of aromatic hydroxyl groups is 1. The average molecular weight is 964 g/mol. The molecule has 0 spiro atoms. The van der Waals surface area contributed by atoms with Crippen molar-refractivity contribution in [2.24, 2.45) is 17.6 Å². The van der Waals surface area contributed by atoms with E-state index in [0.717, 1.165) is 5.56 Å². The van der Waals surface area contributed by atoms with E-state index in [2.05, 4.69) is 31.9 Å². The third-order valence-electron chi connectivity index (χ3n) is 12.1. The SMILES string of the molecule is CC(C)C[C@H](NC(=O)[C@@H](N)Cc1ccc(O)cc1)C(=O)N[C@@H](Cc1ccccc1)C(=O)N1CCC[C@H]1C(=O)NCC(=O)N1CCC[C@H]1C(=O)N[C@H](C(=O)N[C@H](C(=O)N[C@@H](C)C(=O)O)[C@@H](C)O)C(C)C. The first-order valence-electron chi connectivity index (χ1n) is 23.5. The van der Waals surface area contributed by atoms with Gasteiger partial charge in [0.15, 0.2) is 0 Å². The van der Waals surface area contributed by atoms with Crippen LogP contribution in [0.5, 0.6) is 5.75 Å². The molecule has 0 unspecified atom stereocenters. The van der Waals surface area contributed by atoms with Gasteiger partial charge in [0.25, 0.3) is 0 Å². The zero-order chi connectivity index (χ0) is 51.1. The molecule has 378 valence electrons. The molecule has 0 bridgehead atoms. The lowest BCUT2D eigenvalue weighted by Crippen LogP contribution is -2.61. The first-order chi connectivity index (χ1) is 32.6. The number of carbonyl (C=O) groups is 9. The van der Waals surface area contributed by atoms with Gasteiger partial charge in [-0.05, 0) is 87.5 Å². The number of nitrogens with two attached hydrogens (primary N) is 1. The second-order valence-corrected chi connectivity index (χ2v) is 18.6. The van der Waals surface area contributed by atoms with Crippen molar-refractivity contribution in [1.82, 2.24) is 41.7 Å². The number of hydrogen-bond acceptors (Lipinski definition) is 12. The number of aliphatic hydroxyl groups excluding tert-OH is 1. The number of aliphatic hydroxyl groups is 1. The number of phenolic OH excluding ortho intramolecular Hbond substituents is 1. The number of nitrogens with zero attached hydrogens (tertiary/aromatic N) is 2. The Kier molecular flexibility index (Phi) is 20.5. The fraction of sp³-hybridized carbons (Fsp3) is 0.562. The molecule has 2 aromatic rings. The summed E-state index contributed by atoms with van der Waals surface area (Å²) in [6, 6.07) is 5.93. The average Bonchev–Trinajstić information content (AvgIpc) is 4.00. The molecule has 9 atom stereocenters. The Morgan fingerprint density at radius 1 is 0.652 bits per heavy atom.